The lowest BCUT2D eigenvalue weighted by molar-refractivity contribution is -0.134. The smallest absolute Gasteiger partial charge is 0.251 e. The highest BCUT2D eigenvalue weighted by atomic mass is 35.5. The number of benzene rings is 1. The summed E-state index contributed by atoms with van der Waals surface area (Å²) in [6.45, 7) is 13.4. The van der Waals surface area contributed by atoms with Crippen LogP contribution in [0, 0.1) is 5.92 Å². The number of piperazine rings is 1. The Morgan fingerprint density at radius 1 is 1.08 bits per heavy atom. The average Bonchev–Trinajstić information content (AvgIpc) is 2.58. The van der Waals surface area contributed by atoms with Crippen molar-refractivity contribution in [2.24, 2.45) is 5.92 Å². The second kappa shape index (κ2) is 9.38. The fourth-order valence-electron chi connectivity index (χ4n) is 2.94. The predicted octanol–water partition coefficient (Wildman–Crippen LogP) is 2.59. The summed E-state index contributed by atoms with van der Waals surface area (Å²) in [5.41, 5.74) is 1.82. The maximum atomic E-state index is 12.8. The minimum Gasteiger partial charge on any atom is -0.340 e. The summed E-state index contributed by atoms with van der Waals surface area (Å²) in [6, 6.07) is 7.15. The molecule has 1 atom stereocenters. The largest absolute Gasteiger partial charge is 0.340 e. The van der Waals surface area contributed by atoms with E-state index in [0.717, 1.165) is 13.1 Å². The Kier molecular flexibility index (Phi) is 8.10. The van der Waals surface area contributed by atoms with Crippen LogP contribution in [0.2, 0.25) is 0 Å². The van der Waals surface area contributed by atoms with E-state index in [1.807, 2.05) is 43.0 Å². The van der Waals surface area contributed by atoms with E-state index in [9.17, 15) is 9.59 Å². The van der Waals surface area contributed by atoms with Crippen molar-refractivity contribution < 1.29 is 9.59 Å². The molecule has 2 N–H and O–H groups in total. The van der Waals surface area contributed by atoms with Crippen LogP contribution in [0.4, 0.5) is 0 Å². The van der Waals surface area contributed by atoms with E-state index in [4.69, 9.17) is 0 Å². The fourth-order valence-corrected chi connectivity index (χ4v) is 2.94. The van der Waals surface area contributed by atoms with E-state index in [2.05, 4.69) is 31.4 Å². The molecule has 0 radical (unpaired) electrons. The first-order chi connectivity index (χ1) is 11.7. The number of hydrogen-bond donors (Lipinski definition) is 2. The topological polar surface area (TPSA) is 61.4 Å². The molecule has 1 unspecified atom stereocenters. The van der Waals surface area contributed by atoms with Crippen molar-refractivity contribution in [1.82, 2.24) is 15.5 Å². The van der Waals surface area contributed by atoms with E-state index in [0.29, 0.717) is 18.7 Å². The average molecular weight is 382 g/mol. The van der Waals surface area contributed by atoms with E-state index < -0.39 is 6.04 Å². The van der Waals surface area contributed by atoms with Crippen LogP contribution in [0.3, 0.4) is 0 Å². The first kappa shape index (κ1) is 22.5. The van der Waals surface area contributed by atoms with Crippen LogP contribution in [0.1, 0.15) is 50.5 Å². The van der Waals surface area contributed by atoms with Gasteiger partial charge in [-0.05, 0) is 29.0 Å². The molecule has 0 bridgehead atoms. The molecule has 0 saturated carbocycles. The molecule has 1 aliphatic rings. The summed E-state index contributed by atoms with van der Waals surface area (Å²) in [7, 11) is 0. The summed E-state index contributed by atoms with van der Waals surface area (Å²) < 4.78 is 0. The molecule has 1 saturated heterocycles. The summed E-state index contributed by atoms with van der Waals surface area (Å²) in [4.78, 5) is 27.2. The molecule has 1 aromatic carbocycles. The summed E-state index contributed by atoms with van der Waals surface area (Å²) >= 11 is 0. The Morgan fingerprint density at radius 2 is 1.62 bits per heavy atom. The van der Waals surface area contributed by atoms with Crippen molar-refractivity contribution in [1.29, 1.82) is 0 Å². The van der Waals surface area contributed by atoms with Gasteiger partial charge in [-0.15, -0.1) is 12.4 Å². The number of carbonyl (C=O) groups is 2. The molecule has 1 fully saturated rings. The standard InChI is InChI=1S/C20H31N3O2.ClH/c1-14(2)17(19(25)23-12-10-21-11-13-23)22-18(24)15-6-8-16(9-7-15)20(3,4)5;/h6-9,14,17,21H,10-13H2,1-5H3,(H,22,24);1H. The van der Waals surface area contributed by atoms with Crippen LogP contribution in [0.15, 0.2) is 24.3 Å². The fraction of sp³-hybridized carbons (Fsp3) is 0.600. The van der Waals surface area contributed by atoms with Gasteiger partial charge in [0.15, 0.2) is 0 Å². The van der Waals surface area contributed by atoms with Crippen LogP contribution < -0.4 is 10.6 Å². The lowest BCUT2D eigenvalue weighted by Crippen LogP contribution is -2.55. The lowest BCUT2D eigenvalue weighted by Gasteiger charge is -2.32. The number of halogens is 1. The van der Waals surface area contributed by atoms with E-state index >= 15 is 0 Å². The van der Waals surface area contributed by atoms with Gasteiger partial charge in [0.25, 0.3) is 5.91 Å². The van der Waals surface area contributed by atoms with Gasteiger partial charge in [-0.3, -0.25) is 9.59 Å². The van der Waals surface area contributed by atoms with E-state index in [1.165, 1.54) is 5.56 Å². The first-order valence-electron chi connectivity index (χ1n) is 9.11. The second-order valence-corrected chi connectivity index (χ2v) is 8.10. The van der Waals surface area contributed by atoms with Gasteiger partial charge in [0.2, 0.25) is 5.91 Å². The number of nitrogens with zero attached hydrogens (tertiary/aromatic N) is 1. The molecule has 0 spiro atoms. The number of carbonyl (C=O) groups excluding carboxylic acids is 2. The zero-order chi connectivity index (χ0) is 18.6. The molecule has 1 aromatic rings. The van der Waals surface area contributed by atoms with E-state index in [-0.39, 0.29) is 35.6 Å². The number of rotatable bonds is 4. The molecule has 0 aromatic heterocycles. The third kappa shape index (κ3) is 5.71. The van der Waals surface area contributed by atoms with Crippen LogP contribution in [0.25, 0.3) is 0 Å². The summed E-state index contributed by atoms with van der Waals surface area (Å²) in [5.74, 6) is -0.140. The highest BCUT2D eigenvalue weighted by molar-refractivity contribution is 5.97. The van der Waals surface area contributed by atoms with Crippen molar-refractivity contribution in [3.63, 3.8) is 0 Å². The maximum Gasteiger partial charge on any atom is 0.251 e. The van der Waals surface area contributed by atoms with Crippen molar-refractivity contribution in [2.75, 3.05) is 26.2 Å². The molecule has 1 heterocycles. The van der Waals surface area contributed by atoms with Crippen LogP contribution >= 0.6 is 12.4 Å². The SMILES string of the molecule is CC(C)C(NC(=O)c1ccc(C(C)(C)C)cc1)C(=O)N1CCNCC1.Cl. The van der Waals surface area contributed by atoms with Crippen molar-refractivity contribution in [3.8, 4) is 0 Å². The minimum atomic E-state index is -0.493. The van der Waals surface area contributed by atoms with Gasteiger partial charge < -0.3 is 15.5 Å². The van der Waals surface area contributed by atoms with Crippen LogP contribution in [-0.4, -0.2) is 48.9 Å². The van der Waals surface area contributed by atoms with Gasteiger partial charge in [-0.2, -0.15) is 0 Å². The van der Waals surface area contributed by atoms with Gasteiger partial charge in [0, 0.05) is 31.7 Å². The third-order valence-electron chi connectivity index (χ3n) is 4.66. The van der Waals surface area contributed by atoms with Gasteiger partial charge in [-0.1, -0.05) is 46.8 Å². The molecule has 146 valence electrons. The van der Waals surface area contributed by atoms with Gasteiger partial charge in [0.05, 0.1) is 0 Å². The first-order valence-corrected chi connectivity index (χ1v) is 9.11. The Balaban J connectivity index is 0.00000338. The molecule has 0 aliphatic carbocycles. The Bertz CT molecular complexity index is 602. The Labute approximate surface area is 163 Å². The van der Waals surface area contributed by atoms with Gasteiger partial charge in [0.1, 0.15) is 6.04 Å². The van der Waals surface area contributed by atoms with Crippen molar-refractivity contribution in [2.45, 2.75) is 46.1 Å². The van der Waals surface area contributed by atoms with Gasteiger partial charge in [-0.25, -0.2) is 0 Å². The molecular formula is C20H32ClN3O2. The molecule has 26 heavy (non-hydrogen) atoms. The zero-order valence-corrected chi connectivity index (χ0v) is 17.3. The molecule has 2 rings (SSSR count). The predicted molar refractivity (Wildman–Crippen MR) is 108 cm³/mol. The monoisotopic (exact) mass is 381 g/mol. The molecule has 1 aliphatic heterocycles. The van der Waals surface area contributed by atoms with Crippen molar-refractivity contribution >= 4 is 24.2 Å². The molecule has 5 nitrogen and oxygen atoms in total. The Morgan fingerprint density at radius 3 is 2.08 bits per heavy atom. The number of amides is 2. The molecule has 6 heteroatoms. The zero-order valence-electron chi connectivity index (χ0n) is 16.5. The number of nitrogens with one attached hydrogen (secondary N) is 2. The maximum absolute atomic E-state index is 12.8. The third-order valence-corrected chi connectivity index (χ3v) is 4.66. The minimum absolute atomic E-state index is 0. The highest BCUT2D eigenvalue weighted by Crippen LogP contribution is 2.22. The number of hydrogen-bond acceptors (Lipinski definition) is 3. The summed E-state index contributed by atoms with van der Waals surface area (Å²) in [6.07, 6.45) is 0. The second-order valence-electron chi connectivity index (χ2n) is 8.10. The van der Waals surface area contributed by atoms with Crippen molar-refractivity contribution in [3.05, 3.63) is 35.4 Å². The quantitative estimate of drug-likeness (QED) is 0.842. The van der Waals surface area contributed by atoms with Crippen LogP contribution in [0.5, 0.6) is 0 Å². The van der Waals surface area contributed by atoms with Crippen LogP contribution in [-0.2, 0) is 10.2 Å². The molecule has 2 amide bonds. The van der Waals surface area contributed by atoms with Gasteiger partial charge >= 0.3 is 0 Å². The summed E-state index contributed by atoms with van der Waals surface area (Å²) in [5, 5.41) is 6.18. The molecular weight excluding hydrogens is 350 g/mol. The Hall–Kier alpha value is -1.59. The van der Waals surface area contributed by atoms with E-state index in [1.54, 1.807) is 0 Å². The lowest BCUT2D eigenvalue weighted by atomic mass is 9.86. The highest BCUT2D eigenvalue weighted by Gasteiger charge is 2.29. The normalized spacial score (nSPS) is 16.0.